The first-order chi connectivity index (χ1) is 9.29. The number of carbonyl (C=O) groups excluding carboxylic acids is 1. The lowest BCUT2D eigenvalue weighted by Crippen LogP contribution is -2.01. The number of esters is 1. The van der Waals surface area contributed by atoms with Crippen molar-refractivity contribution in [3.63, 3.8) is 0 Å². The number of benzene rings is 1. The van der Waals surface area contributed by atoms with Crippen molar-refractivity contribution in [1.82, 2.24) is 4.37 Å². The molecule has 2 aromatic heterocycles. The van der Waals surface area contributed by atoms with Gasteiger partial charge in [-0.3, -0.25) is 0 Å². The van der Waals surface area contributed by atoms with Crippen LogP contribution in [0.15, 0.2) is 41.0 Å². The van der Waals surface area contributed by atoms with E-state index in [2.05, 4.69) is 4.37 Å². The Hall–Kier alpha value is -2.14. The Morgan fingerprint density at radius 1 is 1.42 bits per heavy atom. The predicted molar refractivity (Wildman–Crippen MR) is 73.3 cm³/mol. The number of hydrogen-bond donors (Lipinski definition) is 0. The summed E-state index contributed by atoms with van der Waals surface area (Å²) < 4.78 is 14.6. The molecule has 0 unspecified atom stereocenters. The molecule has 0 aliphatic carbocycles. The number of fused-ring (bicyclic) bond motifs is 1. The largest absolute Gasteiger partial charge is 0.464 e. The Morgan fingerprint density at radius 2 is 2.32 bits per heavy atom. The van der Waals surface area contributed by atoms with Crippen LogP contribution in [0.5, 0.6) is 0 Å². The molecular weight excluding hydrogens is 262 g/mol. The van der Waals surface area contributed by atoms with Crippen LogP contribution < -0.4 is 0 Å². The normalized spacial score (nSPS) is 10.8. The maximum absolute atomic E-state index is 11.6. The van der Waals surface area contributed by atoms with Crippen molar-refractivity contribution in [2.75, 3.05) is 6.61 Å². The number of nitrogens with zero attached hydrogens (tertiary/aromatic N) is 1. The van der Waals surface area contributed by atoms with Gasteiger partial charge in [0.2, 0.25) is 0 Å². The molecule has 0 bridgehead atoms. The summed E-state index contributed by atoms with van der Waals surface area (Å²) in [6.45, 7) is 2.15. The number of furan rings is 1. The summed E-state index contributed by atoms with van der Waals surface area (Å²) in [7, 11) is 0. The molecule has 0 amide bonds. The van der Waals surface area contributed by atoms with Crippen LogP contribution >= 0.6 is 11.5 Å². The van der Waals surface area contributed by atoms with Gasteiger partial charge in [0.05, 0.1) is 18.6 Å². The standard InChI is InChI=1S/C14H11NO3S/c1-2-17-14(16)13-8-11(15-19-13)9-4-3-5-12-10(9)6-7-18-12/h3-8H,2H2,1H3. The lowest BCUT2D eigenvalue weighted by Gasteiger charge is -1.98. The average molecular weight is 273 g/mol. The zero-order valence-corrected chi connectivity index (χ0v) is 11.1. The Labute approximate surface area is 113 Å². The van der Waals surface area contributed by atoms with Gasteiger partial charge in [-0.25, -0.2) is 4.79 Å². The summed E-state index contributed by atoms with van der Waals surface area (Å²) in [5.74, 6) is -0.328. The van der Waals surface area contributed by atoms with Crippen molar-refractivity contribution in [3.05, 3.63) is 41.5 Å². The molecule has 4 nitrogen and oxygen atoms in total. The second kappa shape index (κ2) is 4.85. The summed E-state index contributed by atoms with van der Waals surface area (Å²) in [5, 5.41) is 0.989. The van der Waals surface area contributed by atoms with Crippen molar-refractivity contribution in [2.24, 2.45) is 0 Å². The van der Waals surface area contributed by atoms with Crippen molar-refractivity contribution in [3.8, 4) is 11.3 Å². The quantitative estimate of drug-likeness (QED) is 0.682. The van der Waals surface area contributed by atoms with Gasteiger partial charge in [-0.15, -0.1) is 0 Å². The number of aromatic nitrogens is 1. The summed E-state index contributed by atoms with van der Waals surface area (Å²) in [6, 6.07) is 9.42. The zero-order chi connectivity index (χ0) is 13.2. The highest BCUT2D eigenvalue weighted by molar-refractivity contribution is 7.08. The Morgan fingerprint density at radius 3 is 3.16 bits per heavy atom. The smallest absolute Gasteiger partial charge is 0.349 e. The highest BCUT2D eigenvalue weighted by atomic mass is 32.1. The first-order valence-corrected chi connectivity index (χ1v) is 6.67. The first-order valence-electron chi connectivity index (χ1n) is 5.90. The van der Waals surface area contributed by atoms with Crippen LogP contribution in [0.3, 0.4) is 0 Å². The Bertz CT molecular complexity index is 729. The molecular formula is C14H11NO3S. The van der Waals surface area contributed by atoms with Crippen molar-refractivity contribution >= 4 is 28.5 Å². The van der Waals surface area contributed by atoms with E-state index in [0.717, 1.165) is 33.8 Å². The third-order valence-corrected chi connectivity index (χ3v) is 3.53. The average Bonchev–Trinajstić information content (AvgIpc) is 3.07. The van der Waals surface area contributed by atoms with E-state index >= 15 is 0 Å². The van der Waals surface area contributed by atoms with E-state index in [-0.39, 0.29) is 5.97 Å². The fourth-order valence-corrected chi connectivity index (χ4v) is 2.56. The molecule has 96 valence electrons. The molecule has 5 heteroatoms. The van der Waals surface area contributed by atoms with Crippen LogP contribution in [0, 0.1) is 0 Å². The molecule has 1 aromatic carbocycles. The van der Waals surface area contributed by atoms with Gasteiger partial charge in [0.25, 0.3) is 0 Å². The minimum absolute atomic E-state index is 0.328. The van der Waals surface area contributed by atoms with E-state index in [1.54, 1.807) is 19.3 Å². The summed E-state index contributed by atoms with van der Waals surface area (Å²) in [5.41, 5.74) is 2.53. The van der Waals surface area contributed by atoms with E-state index in [1.807, 2.05) is 24.3 Å². The molecule has 0 fully saturated rings. The van der Waals surface area contributed by atoms with Gasteiger partial charge in [-0.2, -0.15) is 4.37 Å². The van der Waals surface area contributed by atoms with Crippen LogP contribution in [0.2, 0.25) is 0 Å². The highest BCUT2D eigenvalue weighted by Crippen LogP contribution is 2.30. The summed E-state index contributed by atoms with van der Waals surface area (Å²) in [4.78, 5) is 12.1. The van der Waals surface area contributed by atoms with Crippen LogP contribution in [0.1, 0.15) is 16.6 Å². The predicted octanol–water partition coefficient (Wildman–Crippen LogP) is 3.73. The summed E-state index contributed by atoms with van der Waals surface area (Å²) in [6.07, 6.45) is 1.65. The Kier molecular flexibility index (Phi) is 3.05. The van der Waals surface area contributed by atoms with Gasteiger partial charge in [0, 0.05) is 10.9 Å². The Balaban J connectivity index is 2.03. The first kappa shape index (κ1) is 11.9. The third kappa shape index (κ3) is 2.13. The second-order valence-electron chi connectivity index (χ2n) is 3.93. The number of rotatable bonds is 3. The topological polar surface area (TPSA) is 52.3 Å². The number of carbonyl (C=O) groups is 1. The zero-order valence-electron chi connectivity index (χ0n) is 10.3. The van der Waals surface area contributed by atoms with E-state index in [1.165, 1.54) is 0 Å². The lowest BCUT2D eigenvalue weighted by atomic mass is 10.1. The SMILES string of the molecule is CCOC(=O)c1cc(-c2cccc3occc23)ns1. The molecule has 0 N–H and O–H groups in total. The third-order valence-electron chi connectivity index (χ3n) is 2.76. The molecule has 0 saturated heterocycles. The monoisotopic (exact) mass is 273 g/mol. The highest BCUT2D eigenvalue weighted by Gasteiger charge is 2.14. The van der Waals surface area contributed by atoms with Crippen molar-refractivity contribution in [2.45, 2.75) is 6.92 Å². The van der Waals surface area contributed by atoms with Crippen LogP contribution in [0.4, 0.5) is 0 Å². The molecule has 0 atom stereocenters. The molecule has 0 spiro atoms. The molecule has 3 aromatic rings. The van der Waals surface area contributed by atoms with E-state index < -0.39 is 0 Å². The minimum Gasteiger partial charge on any atom is -0.464 e. The van der Waals surface area contributed by atoms with E-state index in [4.69, 9.17) is 9.15 Å². The fraction of sp³-hybridized carbons (Fsp3) is 0.143. The molecule has 0 radical (unpaired) electrons. The van der Waals surface area contributed by atoms with E-state index in [9.17, 15) is 4.79 Å². The maximum Gasteiger partial charge on any atom is 0.349 e. The maximum atomic E-state index is 11.6. The van der Waals surface area contributed by atoms with Gasteiger partial charge in [-0.1, -0.05) is 12.1 Å². The summed E-state index contributed by atoms with van der Waals surface area (Å²) >= 11 is 1.15. The van der Waals surface area contributed by atoms with Crippen LogP contribution in [0.25, 0.3) is 22.2 Å². The molecule has 3 rings (SSSR count). The van der Waals surface area contributed by atoms with Crippen molar-refractivity contribution in [1.29, 1.82) is 0 Å². The molecule has 0 aliphatic rings. The van der Waals surface area contributed by atoms with Gasteiger partial charge >= 0.3 is 5.97 Å². The van der Waals surface area contributed by atoms with Gasteiger partial charge < -0.3 is 9.15 Å². The van der Waals surface area contributed by atoms with E-state index in [0.29, 0.717) is 11.5 Å². The number of hydrogen-bond acceptors (Lipinski definition) is 5. The molecule has 0 saturated carbocycles. The van der Waals surface area contributed by atoms with Gasteiger partial charge in [0.1, 0.15) is 10.5 Å². The molecule has 2 heterocycles. The number of ether oxygens (including phenoxy) is 1. The molecule has 0 aliphatic heterocycles. The van der Waals surface area contributed by atoms with Crippen LogP contribution in [-0.2, 0) is 4.74 Å². The minimum atomic E-state index is -0.328. The van der Waals surface area contributed by atoms with Gasteiger partial charge in [-0.05, 0) is 36.7 Å². The fourth-order valence-electron chi connectivity index (χ4n) is 1.92. The van der Waals surface area contributed by atoms with Crippen molar-refractivity contribution < 1.29 is 13.9 Å². The second-order valence-corrected chi connectivity index (χ2v) is 4.74. The lowest BCUT2D eigenvalue weighted by molar-refractivity contribution is 0.0532. The van der Waals surface area contributed by atoms with Crippen LogP contribution in [-0.4, -0.2) is 16.9 Å². The molecule has 19 heavy (non-hydrogen) atoms. The van der Waals surface area contributed by atoms with Gasteiger partial charge in [0.15, 0.2) is 0 Å².